The molecule has 2 aliphatic heterocycles. The molecule has 5 atom stereocenters. The molecule has 0 saturated carbocycles. The zero-order valence-corrected chi connectivity index (χ0v) is 46.6. The molecule has 4 rings (SSSR count). The summed E-state index contributed by atoms with van der Waals surface area (Å²) in [5, 5.41) is 11.7. The highest BCUT2D eigenvalue weighted by molar-refractivity contribution is 7.44. The Bertz CT molecular complexity index is 1670. The van der Waals surface area contributed by atoms with Crippen LogP contribution in [-0.4, -0.2) is 117 Å². The molecule has 0 radical (unpaired) electrons. The van der Waals surface area contributed by atoms with Crippen molar-refractivity contribution >= 4 is 31.8 Å². The molecular formula is C55H100N9O5P. The molecule has 15 heteroatoms. The number of unbranched alkanes of at least 4 members (excludes halogenated alkanes) is 26. The molecule has 0 amide bonds. The minimum Gasteiger partial charge on any atom is -0.369 e. The molecule has 400 valence electrons. The maximum absolute atomic E-state index is 9.47. The van der Waals surface area contributed by atoms with Crippen molar-refractivity contribution in [1.29, 1.82) is 5.26 Å². The Balaban J connectivity index is 1.43. The highest BCUT2D eigenvalue weighted by atomic mass is 31.2. The smallest absolute Gasteiger partial charge is 0.259 e. The number of imidazole rings is 1. The molecule has 2 saturated heterocycles. The summed E-state index contributed by atoms with van der Waals surface area (Å²) in [4.78, 5) is 27.2. The Kier molecular flexibility index (Phi) is 30.8. The second-order valence-corrected chi connectivity index (χ2v) is 22.5. The largest absolute Gasteiger partial charge is 0.369 e. The number of hydrogen-bond acceptors (Lipinski definition) is 12. The van der Waals surface area contributed by atoms with Crippen molar-refractivity contribution in [2.75, 3.05) is 47.0 Å². The van der Waals surface area contributed by atoms with Gasteiger partial charge < -0.3 is 23.4 Å². The lowest BCUT2D eigenvalue weighted by atomic mass is 10.0. The van der Waals surface area contributed by atoms with Gasteiger partial charge in [0.05, 0.1) is 38.4 Å². The lowest BCUT2D eigenvalue weighted by molar-refractivity contribution is -0.243. The fraction of sp³-hybridized carbons (Fsp3) is 0.873. The van der Waals surface area contributed by atoms with E-state index in [4.69, 9.17) is 28.3 Å². The van der Waals surface area contributed by atoms with Crippen LogP contribution in [-0.2, 0) is 23.4 Å². The fourth-order valence-corrected chi connectivity index (χ4v) is 11.8. The predicted molar refractivity (Wildman–Crippen MR) is 288 cm³/mol. The first-order chi connectivity index (χ1) is 34.2. The van der Waals surface area contributed by atoms with Gasteiger partial charge in [0, 0.05) is 39.3 Å². The Morgan fingerprint density at radius 3 is 1.73 bits per heavy atom. The number of hydrogen-bond donors (Lipinski definition) is 0. The number of fused-ring (bicyclic) bond motifs is 3. The second-order valence-electron chi connectivity index (χ2n) is 21.0. The topological polar surface area (TPSA) is 136 Å². The normalized spacial score (nSPS) is 19.6. The summed E-state index contributed by atoms with van der Waals surface area (Å²) < 4.78 is 31.7. The van der Waals surface area contributed by atoms with Crippen LogP contribution in [0.1, 0.15) is 234 Å². The number of hydroxylamine groups is 2. The van der Waals surface area contributed by atoms with Crippen molar-refractivity contribution in [2.24, 2.45) is 4.99 Å². The highest BCUT2D eigenvalue weighted by Gasteiger charge is 2.65. The quantitative estimate of drug-likeness (QED) is 0.0205. The van der Waals surface area contributed by atoms with Crippen LogP contribution in [0.4, 0.5) is 5.82 Å². The van der Waals surface area contributed by atoms with Crippen molar-refractivity contribution in [3.63, 3.8) is 0 Å². The zero-order chi connectivity index (χ0) is 50.2. The van der Waals surface area contributed by atoms with Crippen molar-refractivity contribution in [1.82, 2.24) is 34.2 Å². The number of nitriles is 1. The van der Waals surface area contributed by atoms with Crippen LogP contribution in [0.2, 0.25) is 0 Å². The summed E-state index contributed by atoms with van der Waals surface area (Å²) in [5.41, 5.74) is 0.246. The van der Waals surface area contributed by atoms with Gasteiger partial charge in [-0.3, -0.25) is 9.40 Å². The fourth-order valence-electron chi connectivity index (χ4n) is 9.96. The number of ether oxygens (including phenoxy) is 2. The molecule has 2 bridgehead atoms. The summed E-state index contributed by atoms with van der Waals surface area (Å²) in [5.74, 6) is 0.480. The van der Waals surface area contributed by atoms with Crippen molar-refractivity contribution in [3.05, 3.63) is 12.7 Å². The molecule has 0 spiro atoms. The molecule has 0 aliphatic carbocycles. The predicted octanol–water partition coefficient (Wildman–Crippen LogP) is 14.6. The molecule has 0 N–H and O–H groups in total. The van der Waals surface area contributed by atoms with Gasteiger partial charge in [-0.25, -0.2) is 24.6 Å². The third-order valence-electron chi connectivity index (χ3n) is 13.9. The third-order valence-corrected chi connectivity index (χ3v) is 16.0. The zero-order valence-electron chi connectivity index (χ0n) is 45.7. The van der Waals surface area contributed by atoms with E-state index in [1.165, 1.54) is 173 Å². The van der Waals surface area contributed by atoms with E-state index >= 15 is 0 Å². The maximum atomic E-state index is 9.47. The Morgan fingerprint density at radius 1 is 0.757 bits per heavy atom. The van der Waals surface area contributed by atoms with E-state index in [0.29, 0.717) is 23.6 Å². The first kappa shape index (κ1) is 60.2. The van der Waals surface area contributed by atoms with Crippen LogP contribution in [0.15, 0.2) is 17.6 Å². The van der Waals surface area contributed by atoms with Gasteiger partial charge in [-0.15, -0.1) is 0 Å². The molecule has 70 heavy (non-hydrogen) atoms. The number of aliphatic imine (C=N–C) groups is 1. The van der Waals surface area contributed by atoms with Crippen molar-refractivity contribution < 1.29 is 23.4 Å². The van der Waals surface area contributed by atoms with Crippen LogP contribution >= 0.6 is 8.53 Å². The molecule has 3 unspecified atom stereocenters. The van der Waals surface area contributed by atoms with E-state index in [2.05, 4.69) is 72.3 Å². The third kappa shape index (κ3) is 21.2. The minimum atomic E-state index is -1.60. The van der Waals surface area contributed by atoms with E-state index < -0.39 is 32.6 Å². The van der Waals surface area contributed by atoms with Crippen LogP contribution in [0.3, 0.4) is 0 Å². The van der Waals surface area contributed by atoms with Gasteiger partial charge >= 0.3 is 0 Å². The van der Waals surface area contributed by atoms with Gasteiger partial charge in [-0.1, -0.05) is 181 Å². The Labute approximate surface area is 427 Å². The maximum Gasteiger partial charge on any atom is 0.259 e. The SMILES string of the molecule is CCCCCCCCCCCCCCCCN(CCCCCCCCCCCCCCCC)OC[C@]12COC(C1OP(OCCC#N)N(C(C)C)C(C)C)[C@H](n1cnc3c(/N=C\N(C)C)ncnc31)O2. The second kappa shape index (κ2) is 35.7. The van der Waals surface area contributed by atoms with Gasteiger partial charge in [0.1, 0.15) is 30.7 Å². The summed E-state index contributed by atoms with van der Waals surface area (Å²) in [6.07, 6.45) is 41.0. The van der Waals surface area contributed by atoms with Gasteiger partial charge in [0.2, 0.25) is 0 Å². The minimum absolute atomic E-state index is 0.137. The van der Waals surface area contributed by atoms with Gasteiger partial charge in [-0.05, 0) is 40.5 Å². The Hall–Kier alpha value is -2.34. The molecule has 2 aliphatic rings. The monoisotopic (exact) mass is 998 g/mol. The van der Waals surface area contributed by atoms with Crippen LogP contribution < -0.4 is 0 Å². The summed E-state index contributed by atoms with van der Waals surface area (Å²) in [6, 6.07) is 2.52. The van der Waals surface area contributed by atoms with E-state index in [9.17, 15) is 5.26 Å². The first-order valence-corrected chi connectivity index (χ1v) is 29.6. The van der Waals surface area contributed by atoms with Crippen LogP contribution in [0.25, 0.3) is 11.2 Å². The summed E-state index contributed by atoms with van der Waals surface area (Å²) in [7, 11) is 2.24. The highest BCUT2D eigenvalue weighted by Crippen LogP contribution is 2.55. The Morgan fingerprint density at radius 2 is 1.26 bits per heavy atom. The number of nitrogens with zero attached hydrogens (tertiary/aromatic N) is 9. The average Bonchev–Trinajstić information content (AvgIpc) is 4.02. The number of aromatic nitrogens is 4. The molecular weight excluding hydrogens is 898 g/mol. The van der Waals surface area contributed by atoms with E-state index in [-0.39, 0.29) is 31.7 Å². The van der Waals surface area contributed by atoms with Gasteiger partial charge in [-0.2, -0.15) is 10.3 Å². The van der Waals surface area contributed by atoms with Crippen LogP contribution in [0.5, 0.6) is 0 Å². The van der Waals surface area contributed by atoms with E-state index in [0.717, 1.165) is 25.9 Å². The summed E-state index contributed by atoms with van der Waals surface area (Å²) >= 11 is 0. The molecule has 2 aromatic heterocycles. The van der Waals surface area contributed by atoms with Gasteiger partial charge in [0.15, 0.2) is 23.2 Å². The average molecular weight is 998 g/mol. The van der Waals surface area contributed by atoms with Crippen molar-refractivity contribution in [3.8, 4) is 6.07 Å². The number of rotatable bonds is 44. The molecule has 4 heterocycles. The molecule has 14 nitrogen and oxygen atoms in total. The standard InChI is InChI=1S/C55H100N9O5P/c1-9-11-13-15-17-19-21-23-25-27-29-31-33-35-39-62(40-36-34-32-30-28-26-24-22-20-18-16-14-12-10-2)66-43-55-42-65-50(51(55)69-70(67-41-37-38-56)64(47(3)4)48(5)6)54(68-55)63-46-59-49-52(60-45-61(7)8)57-44-58-53(49)63/h44-48,50-51,54H,9-37,39-43H2,1-8H3/b60-45-/t50?,51?,54-,55-,70?/m1/s1. The molecule has 0 aromatic carbocycles. The van der Waals surface area contributed by atoms with Gasteiger partial charge in [0.25, 0.3) is 8.53 Å². The van der Waals surface area contributed by atoms with Crippen LogP contribution in [0, 0.1) is 11.3 Å². The summed E-state index contributed by atoms with van der Waals surface area (Å²) in [6.45, 7) is 15.8. The van der Waals surface area contributed by atoms with E-state index in [1.54, 1.807) is 12.7 Å². The van der Waals surface area contributed by atoms with E-state index in [1.807, 2.05) is 23.6 Å². The van der Waals surface area contributed by atoms with Crippen molar-refractivity contribution in [2.45, 2.75) is 264 Å². The lowest BCUT2D eigenvalue weighted by Gasteiger charge is -2.38. The first-order valence-electron chi connectivity index (χ1n) is 28.5. The lowest BCUT2D eigenvalue weighted by Crippen LogP contribution is -2.48. The molecule has 2 aromatic rings. The molecule has 2 fully saturated rings.